The highest BCUT2D eigenvalue weighted by Crippen LogP contribution is 2.21. The Bertz CT molecular complexity index is 353. The molecule has 0 radical (unpaired) electrons. The molecule has 0 saturated carbocycles. The molecule has 0 spiro atoms. The quantitative estimate of drug-likeness (QED) is 0.476. The molecular formula is C10H11F2NO2. The second-order valence-corrected chi connectivity index (χ2v) is 2.77. The van der Waals surface area contributed by atoms with E-state index in [9.17, 15) is 8.78 Å². The first-order valence-corrected chi connectivity index (χ1v) is 4.44. The molecule has 0 atom stereocenters. The van der Waals surface area contributed by atoms with Gasteiger partial charge >= 0.3 is 6.61 Å². The topological polar surface area (TPSA) is 41.8 Å². The molecule has 0 saturated heterocycles. The second kappa shape index (κ2) is 5.29. The number of benzene rings is 1. The molecule has 82 valence electrons. The van der Waals surface area contributed by atoms with Crippen LogP contribution in [0.3, 0.4) is 0 Å². The van der Waals surface area contributed by atoms with E-state index in [0.717, 1.165) is 0 Å². The van der Waals surface area contributed by atoms with E-state index >= 15 is 0 Å². The lowest BCUT2D eigenvalue weighted by molar-refractivity contribution is -0.0499. The molecule has 0 aliphatic carbocycles. The third-order valence-electron chi connectivity index (χ3n) is 1.87. The van der Waals surface area contributed by atoms with Crippen molar-refractivity contribution < 1.29 is 18.7 Å². The molecule has 0 heterocycles. The van der Waals surface area contributed by atoms with Gasteiger partial charge in [0, 0.05) is 5.56 Å². The molecule has 3 nitrogen and oxygen atoms in total. The molecule has 15 heavy (non-hydrogen) atoms. The van der Waals surface area contributed by atoms with Gasteiger partial charge in [0.2, 0.25) is 0 Å². The molecule has 0 aromatic heterocycles. The van der Waals surface area contributed by atoms with E-state index in [1.54, 1.807) is 25.1 Å². The molecule has 1 N–H and O–H groups in total. The van der Waals surface area contributed by atoms with Gasteiger partial charge in [-0.3, -0.25) is 0 Å². The minimum Gasteiger partial charge on any atom is -0.434 e. The molecule has 5 heteroatoms. The van der Waals surface area contributed by atoms with Gasteiger partial charge in [0.1, 0.15) is 5.75 Å². The van der Waals surface area contributed by atoms with Crippen LogP contribution in [0.25, 0.3) is 0 Å². The van der Waals surface area contributed by atoms with Crippen LogP contribution in [-0.4, -0.2) is 17.5 Å². The van der Waals surface area contributed by atoms with Crippen LogP contribution in [0.2, 0.25) is 0 Å². The average molecular weight is 215 g/mol. The standard InChI is InChI=1S/C10H11F2NO2/c1-2-8(13-14)7-5-3-4-6-9(7)15-10(11)12/h3-6,10,14H,2H2,1H3/b13-8+. The Hall–Kier alpha value is -1.65. The summed E-state index contributed by atoms with van der Waals surface area (Å²) in [4.78, 5) is 0. The van der Waals surface area contributed by atoms with Crippen LogP contribution in [0.5, 0.6) is 5.75 Å². The predicted molar refractivity (Wildman–Crippen MR) is 51.7 cm³/mol. The van der Waals surface area contributed by atoms with Crippen molar-refractivity contribution in [2.24, 2.45) is 5.16 Å². The van der Waals surface area contributed by atoms with Crippen molar-refractivity contribution in [3.05, 3.63) is 29.8 Å². The molecule has 0 unspecified atom stereocenters. The van der Waals surface area contributed by atoms with Gasteiger partial charge in [-0.05, 0) is 18.6 Å². The van der Waals surface area contributed by atoms with Crippen LogP contribution < -0.4 is 4.74 Å². The van der Waals surface area contributed by atoms with E-state index in [4.69, 9.17) is 5.21 Å². The fraction of sp³-hybridized carbons (Fsp3) is 0.300. The Morgan fingerprint density at radius 3 is 2.67 bits per heavy atom. The largest absolute Gasteiger partial charge is 0.434 e. The van der Waals surface area contributed by atoms with E-state index < -0.39 is 6.61 Å². The maximum atomic E-state index is 12.0. The van der Waals surface area contributed by atoms with E-state index in [0.29, 0.717) is 17.7 Å². The summed E-state index contributed by atoms with van der Waals surface area (Å²) in [6.07, 6.45) is 0.431. The van der Waals surface area contributed by atoms with Crippen molar-refractivity contribution in [1.29, 1.82) is 0 Å². The summed E-state index contributed by atoms with van der Waals surface area (Å²) in [6.45, 7) is -1.13. The minimum absolute atomic E-state index is 0.0159. The maximum Gasteiger partial charge on any atom is 0.387 e. The first kappa shape index (κ1) is 11.4. The third kappa shape index (κ3) is 2.90. The van der Waals surface area contributed by atoms with Crippen LogP contribution in [0.15, 0.2) is 29.4 Å². The lowest BCUT2D eigenvalue weighted by Gasteiger charge is -2.10. The minimum atomic E-state index is -2.89. The first-order chi connectivity index (χ1) is 7.19. The summed E-state index contributed by atoms with van der Waals surface area (Å²) in [5.41, 5.74) is 0.689. The van der Waals surface area contributed by atoms with E-state index in [1.165, 1.54) is 6.07 Å². The Morgan fingerprint density at radius 2 is 2.13 bits per heavy atom. The molecule has 1 aromatic carbocycles. The first-order valence-electron chi connectivity index (χ1n) is 4.44. The summed E-state index contributed by atoms with van der Waals surface area (Å²) in [6, 6.07) is 6.21. The Kier molecular flexibility index (Phi) is 4.03. The second-order valence-electron chi connectivity index (χ2n) is 2.77. The molecule has 0 fully saturated rings. The van der Waals surface area contributed by atoms with Crippen molar-refractivity contribution in [3.8, 4) is 5.75 Å². The Morgan fingerprint density at radius 1 is 1.47 bits per heavy atom. The molecule has 0 amide bonds. The van der Waals surface area contributed by atoms with Crippen molar-refractivity contribution in [1.82, 2.24) is 0 Å². The highest BCUT2D eigenvalue weighted by Gasteiger charge is 2.12. The number of hydrogen-bond donors (Lipinski definition) is 1. The predicted octanol–water partition coefficient (Wildman–Crippen LogP) is 2.88. The summed E-state index contributed by atoms with van der Waals surface area (Å²) in [5.74, 6) is 0.0159. The lowest BCUT2D eigenvalue weighted by atomic mass is 10.1. The number of nitrogens with zero attached hydrogens (tertiary/aromatic N) is 1. The maximum absolute atomic E-state index is 12.0. The number of hydrogen-bond acceptors (Lipinski definition) is 3. The summed E-state index contributed by atoms with van der Waals surface area (Å²) in [5, 5.41) is 11.7. The van der Waals surface area contributed by atoms with E-state index in [-0.39, 0.29) is 5.75 Å². The summed E-state index contributed by atoms with van der Waals surface area (Å²) < 4.78 is 28.4. The van der Waals surface area contributed by atoms with Gasteiger partial charge in [-0.25, -0.2) is 0 Å². The van der Waals surface area contributed by atoms with Crippen molar-refractivity contribution in [3.63, 3.8) is 0 Å². The Labute approximate surface area is 86.0 Å². The van der Waals surface area contributed by atoms with Gasteiger partial charge in [0.15, 0.2) is 0 Å². The van der Waals surface area contributed by atoms with Gasteiger partial charge in [0.05, 0.1) is 5.71 Å². The SMILES string of the molecule is CC/C(=N\O)c1ccccc1OC(F)F. The summed E-state index contributed by atoms with van der Waals surface area (Å²) in [7, 11) is 0. The van der Waals surface area contributed by atoms with Gasteiger partial charge in [-0.1, -0.05) is 24.2 Å². The van der Waals surface area contributed by atoms with E-state index in [1.807, 2.05) is 0 Å². The fourth-order valence-electron chi connectivity index (χ4n) is 1.22. The van der Waals surface area contributed by atoms with E-state index in [2.05, 4.69) is 9.89 Å². The van der Waals surface area contributed by atoms with Gasteiger partial charge < -0.3 is 9.94 Å². The third-order valence-corrected chi connectivity index (χ3v) is 1.87. The normalized spacial score (nSPS) is 11.9. The molecule has 1 rings (SSSR count). The van der Waals surface area contributed by atoms with Crippen molar-refractivity contribution >= 4 is 5.71 Å². The summed E-state index contributed by atoms with van der Waals surface area (Å²) >= 11 is 0. The Balaban J connectivity index is 3.05. The van der Waals surface area contributed by atoms with Crippen LogP contribution in [-0.2, 0) is 0 Å². The number of halogens is 2. The van der Waals surface area contributed by atoms with Gasteiger partial charge in [-0.2, -0.15) is 8.78 Å². The number of ether oxygens (including phenoxy) is 1. The number of rotatable bonds is 4. The zero-order valence-corrected chi connectivity index (χ0v) is 8.15. The number of alkyl halides is 2. The van der Waals surface area contributed by atoms with Crippen LogP contribution in [0, 0.1) is 0 Å². The highest BCUT2D eigenvalue weighted by atomic mass is 19.3. The van der Waals surface area contributed by atoms with Gasteiger partial charge in [-0.15, -0.1) is 0 Å². The van der Waals surface area contributed by atoms with Crippen molar-refractivity contribution in [2.45, 2.75) is 20.0 Å². The lowest BCUT2D eigenvalue weighted by Crippen LogP contribution is -2.08. The van der Waals surface area contributed by atoms with Crippen molar-refractivity contribution in [2.75, 3.05) is 0 Å². The van der Waals surface area contributed by atoms with Crippen LogP contribution >= 0.6 is 0 Å². The molecular weight excluding hydrogens is 204 g/mol. The number of para-hydroxylation sites is 1. The van der Waals surface area contributed by atoms with Crippen LogP contribution in [0.4, 0.5) is 8.78 Å². The molecule has 0 aliphatic rings. The average Bonchev–Trinajstić information content (AvgIpc) is 2.21. The molecule has 0 aliphatic heterocycles. The molecule has 1 aromatic rings. The number of oxime groups is 1. The molecule has 0 bridgehead atoms. The van der Waals surface area contributed by atoms with Gasteiger partial charge in [0.25, 0.3) is 0 Å². The smallest absolute Gasteiger partial charge is 0.387 e. The fourth-order valence-corrected chi connectivity index (χ4v) is 1.22. The highest BCUT2D eigenvalue weighted by molar-refractivity contribution is 6.02. The zero-order valence-electron chi connectivity index (χ0n) is 8.15. The monoisotopic (exact) mass is 215 g/mol. The van der Waals surface area contributed by atoms with Crippen LogP contribution in [0.1, 0.15) is 18.9 Å². The zero-order chi connectivity index (χ0) is 11.3.